The average molecular weight is 340 g/mol. The predicted octanol–water partition coefficient (Wildman–Crippen LogP) is 4.36. The molecule has 1 saturated heterocycles. The maximum absolute atomic E-state index is 12.2. The third kappa shape index (κ3) is 2.02. The Morgan fingerprint density at radius 2 is 2.00 bits per heavy atom. The van der Waals surface area contributed by atoms with Crippen molar-refractivity contribution in [2.45, 2.75) is 39.0 Å². The maximum Gasteiger partial charge on any atom is 0.342 e. The molecule has 5 aliphatic rings. The summed E-state index contributed by atoms with van der Waals surface area (Å²) < 4.78 is 4.85. The summed E-state index contributed by atoms with van der Waals surface area (Å²) in [6, 6.07) is 2.19. The first kappa shape index (κ1) is 14.6. The van der Waals surface area contributed by atoms with Crippen LogP contribution in [0.5, 0.6) is 0 Å². The van der Waals surface area contributed by atoms with Gasteiger partial charge in [0.2, 0.25) is 0 Å². The fourth-order valence-electron chi connectivity index (χ4n) is 5.77. The average Bonchev–Trinajstić information content (AvgIpc) is 3.16. The van der Waals surface area contributed by atoms with E-state index in [9.17, 15) is 9.59 Å². The summed E-state index contributed by atoms with van der Waals surface area (Å²) in [5, 5.41) is 4.34. The van der Waals surface area contributed by atoms with E-state index in [4.69, 9.17) is 4.74 Å². The van der Waals surface area contributed by atoms with Gasteiger partial charge in [0.25, 0.3) is 0 Å². The van der Waals surface area contributed by atoms with Gasteiger partial charge in [-0.25, -0.2) is 4.79 Å². The van der Waals surface area contributed by atoms with E-state index < -0.39 is 0 Å². The third-order valence-electron chi connectivity index (χ3n) is 6.51. The lowest BCUT2D eigenvalue weighted by Crippen LogP contribution is -2.43. The summed E-state index contributed by atoms with van der Waals surface area (Å²) in [6.45, 7) is 2.24. The molecule has 1 aliphatic heterocycles. The Balaban J connectivity index is 1.67. The van der Waals surface area contributed by atoms with Crippen LogP contribution in [0.25, 0.3) is 5.57 Å². The van der Waals surface area contributed by atoms with Crippen LogP contribution in [0.3, 0.4) is 0 Å². The molecule has 24 heavy (non-hydrogen) atoms. The molecule has 4 aliphatic carbocycles. The van der Waals surface area contributed by atoms with Crippen molar-refractivity contribution in [2.24, 2.45) is 23.7 Å². The minimum Gasteiger partial charge on any atom is -0.389 e. The van der Waals surface area contributed by atoms with Gasteiger partial charge >= 0.3 is 11.9 Å². The SMILES string of the molecule is CC(=C1C2CC3CC(C2)C(=C2CC(=O)OC2=O)C1C3)c1ccsc1. The zero-order chi connectivity index (χ0) is 16.4. The summed E-state index contributed by atoms with van der Waals surface area (Å²) in [5.41, 5.74) is 6.18. The smallest absolute Gasteiger partial charge is 0.342 e. The number of rotatable bonds is 1. The van der Waals surface area contributed by atoms with Crippen molar-refractivity contribution in [3.8, 4) is 0 Å². The molecule has 0 aromatic carbocycles. The highest BCUT2D eigenvalue weighted by atomic mass is 32.1. The molecule has 4 atom stereocenters. The number of hydrogen-bond acceptors (Lipinski definition) is 4. The molecular weight excluding hydrogens is 320 g/mol. The third-order valence-corrected chi connectivity index (χ3v) is 7.20. The molecule has 0 N–H and O–H groups in total. The summed E-state index contributed by atoms with van der Waals surface area (Å²) in [5.74, 6) is 1.53. The number of allylic oxidation sites excluding steroid dienone is 3. The van der Waals surface area contributed by atoms with Gasteiger partial charge in [-0.2, -0.15) is 11.3 Å². The Morgan fingerprint density at radius 3 is 2.71 bits per heavy atom. The number of cyclic esters (lactones) is 2. The van der Waals surface area contributed by atoms with Crippen LogP contribution < -0.4 is 0 Å². The first-order valence-corrected chi connectivity index (χ1v) is 9.77. The minimum atomic E-state index is -0.380. The van der Waals surface area contributed by atoms with E-state index in [1.807, 2.05) is 0 Å². The van der Waals surface area contributed by atoms with Crippen molar-refractivity contribution in [3.63, 3.8) is 0 Å². The van der Waals surface area contributed by atoms with Crippen LogP contribution in [0.1, 0.15) is 44.6 Å². The summed E-state index contributed by atoms with van der Waals surface area (Å²) in [6.07, 6.45) is 4.96. The molecule has 2 heterocycles. The van der Waals surface area contributed by atoms with Crippen LogP contribution in [0.4, 0.5) is 0 Å². The van der Waals surface area contributed by atoms with Crippen molar-refractivity contribution in [3.05, 3.63) is 39.1 Å². The maximum atomic E-state index is 12.2. The molecule has 0 amide bonds. The van der Waals surface area contributed by atoms with Gasteiger partial charge in [0.05, 0.1) is 6.42 Å². The second-order valence-corrected chi connectivity index (χ2v) is 8.50. The number of carbonyl (C=O) groups is 2. The Morgan fingerprint density at radius 1 is 1.17 bits per heavy atom. The Kier molecular flexibility index (Phi) is 3.15. The quantitative estimate of drug-likeness (QED) is 0.433. The van der Waals surface area contributed by atoms with Crippen molar-refractivity contribution in [2.75, 3.05) is 0 Å². The van der Waals surface area contributed by atoms with Crippen LogP contribution in [0.15, 0.2) is 33.5 Å². The van der Waals surface area contributed by atoms with E-state index in [0.717, 1.165) is 18.8 Å². The van der Waals surface area contributed by atoms with Crippen LogP contribution >= 0.6 is 11.3 Å². The van der Waals surface area contributed by atoms with Crippen LogP contribution in [-0.4, -0.2) is 11.9 Å². The molecule has 4 heteroatoms. The Labute approximate surface area is 145 Å². The van der Waals surface area contributed by atoms with E-state index in [2.05, 4.69) is 23.8 Å². The van der Waals surface area contributed by atoms with Gasteiger partial charge in [0, 0.05) is 11.5 Å². The summed E-state index contributed by atoms with van der Waals surface area (Å²) in [4.78, 5) is 23.8. The van der Waals surface area contributed by atoms with E-state index in [1.165, 1.54) is 35.1 Å². The fourth-order valence-corrected chi connectivity index (χ4v) is 6.47. The molecule has 5 fully saturated rings. The predicted molar refractivity (Wildman–Crippen MR) is 92.1 cm³/mol. The molecule has 124 valence electrons. The molecule has 6 rings (SSSR count). The second kappa shape index (κ2) is 5.16. The van der Waals surface area contributed by atoms with Crippen molar-refractivity contribution in [1.82, 2.24) is 0 Å². The lowest BCUT2D eigenvalue weighted by atomic mass is 9.50. The zero-order valence-electron chi connectivity index (χ0n) is 13.7. The van der Waals surface area contributed by atoms with Gasteiger partial charge < -0.3 is 4.74 Å². The van der Waals surface area contributed by atoms with Gasteiger partial charge in [-0.15, -0.1) is 0 Å². The fraction of sp³-hybridized carbons (Fsp3) is 0.500. The first-order valence-electron chi connectivity index (χ1n) is 8.83. The molecular formula is C20H20O3S. The number of esters is 2. The topological polar surface area (TPSA) is 43.4 Å². The lowest BCUT2D eigenvalue weighted by Gasteiger charge is -2.54. The van der Waals surface area contributed by atoms with Gasteiger partial charge in [-0.1, -0.05) is 5.57 Å². The highest BCUT2D eigenvalue weighted by Gasteiger charge is 2.51. The number of ether oxygens (including phenoxy) is 1. The standard InChI is InChI=1S/C20H20O3S/c1-10(12-2-3-24-9-12)18-13-4-11-5-14(7-13)19(15(18)6-11)16-8-17(21)23-20(16)22/h2-3,9,11,13-15H,4-8H2,1H3. The molecule has 3 nitrogen and oxygen atoms in total. The van der Waals surface area contributed by atoms with Crippen LogP contribution in [0, 0.1) is 23.7 Å². The van der Waals surface area contributed by atoms with Gasteiger partial charge in [0.15, 0.2) is 0 Å². The van der Waals surface area contributed by atoms with Gasteiger partial charge in [-0.05, 0) is 83.9 Å². The second-order valence-electron chi connectivity index (χ2n) is 7.72. The van der Waals surface area contributed by atoms with Crippen LogP contribution in [-0.2, 0) is 14.3 Å². The molecule has 1 aromatic heterocycles. The van der Waals surface area contributed by atoms with E-state index in [0.29, 0.717) is 23.3 Å². The highest BCUT2D eigenvalue weighted by Crippen LogP contribution is 2.61. The van der Waals surface area contributed by atoms with E-state index in [1.54, 1.807) is 11.3 Å². The molecule has 1 aromatic rings. The van der Waals surface area contributed by atoms with Gasteiger partial charge in [-0.3, -0.25) is 4.79 Å². The van der Waals surface area contributed by atoms with E-state index in [-0.39, 0.29) is 18.4 Å². The van der Waals surface area contributed by atoms with Crippen molar-refractivity contribution in [1.29, 1.82) is 0 Å². The number of carbonyl (C=O) groups excluding carboxylic acids is 2. The van der Waals surface area contributed by atoms with E-state index >= 15 is 0 Å². The minimum absolute atomic E-state index is 0.182. The Hall–Kier alpha value is -1.68. The zero-order valence-corrected chi connectivity index (χ0v) is 14.5. The highest BCUT2D eigenvalue weighted by molar-refractivity contribution is 7.08. The lowest BCUT2D eigenvalue weighted by molar-refractivity contribution is -0.151. The molecule has 0 radical (unpaired) electrons. The van der Waals surface area contributed by atoms with Crippen LogP contribution in [0.2, 0.25) is 0 Å². The molecule has 4 saturated carbocycles. The summed E-state index contributed by atoms with van der Waals surface area (Å²) >= 11 is 1.73. The molecule has 4 bridgehead atoms. The molecule has 0 spiro atoms. The molecule has 4 unspecified atom stereocenters. The number of thiophene rings is 1. The number of hydrogen-bond donors (Lipinski definition) is 0. The monoisotopic (exact) mass is 340 g/mol. The van der Waals surface area contributed by atoms with Gasteiger partial charge in [0.1, 0.15) is 0 Å². The van der Waals surface area contributed by atoms with Crippen molar-refractivity contribution >= 4 is 28.8 Å². The Bertz CT molecular complexity index is 799. The summed E-state index contributed by atoms with van der Waals surface area (Å²) in [7, 11) is 0. The van der Waals surface area contributed by atoms with Crippen molar-refractivity contribution < 1.29 is 14.3 Å². The first-order chi connectivity index (χ1) is 11.6. The largest absolute Gasteiger partial charge is 0.389 e. The normalized spacial score (nSPS) is 39.5.